The number of likely N-dealkylation sites (N-methyl/N-ethyl adjacent to an activating group) is 2. The Morgan fingerprint density at radius 3 is 2.85 bits per heavy atom. The SMILES string of the molecule is CNCCN(C)Cc1cn[nH]c1-c1ccc(F)cc1F. The highest BCUT2D eigenvalue weighted by Gasteiger charge is 2.14. The molecule has 0 aliphatic carbocycles. The van der Waals surface area contributed by atoms with E-state index in [0.29, 0.717) is 17.8 Å². The van der Waals surface area contributed by atoms with Gasteiger partial charge in [-0.1, -0.05) is 0 Å². The fourth-order valence-electron chi connectivity index (χ4n) is 2.03. The number of nitrogens with zero attached hydrogens (tertiary/aromatic N) is 2. The monoisotopic (exact) mass is 280 g/mol. The number of halogens is 2. The molecule has 0 saturated carbocycles. The van der Waals surface area contributed by atoms with E-state index in [1.54, 1.807) is 6.20 Å². The van der Waals surface area contributed by atoms with Crippen LogP contribution in [0, 0.1) is 11.6 Å². The molecule has 0 aliphatic heterocycles. The van der Waals surface area contributed by atoms with Crippen LogP contribution in [0.4, 0.5) is 8.78 Å². The summed E-state index contributed by atoms with van der Waals surface area (Å²) in [6.07, 6.45) is 1.67. The largest absolute Gasteiger partial charge is 0.318 e. The van der Waals surface area contributed by atoms with E-state index in [1.807, 2.05) is 14.1 Å². The van der Waals surface area contributed by atoms with Crippen LogP contribution in [0.1, 0.15) is 5.56 Å². The predicted molar refractivity (Wildman–Crippen MR) is 74.2 cm³/mol. The van der Waals surface area contributed by atoms with E-state index in [1.165, 1.54) is 12.1 Å². The van der Waals surface area contributed by atoms with Gasteiger partial charge in [0.15, 0.2) is 0 Å². The van der Waals surface area contributed by atoms with Crippen molar-refractivity contribution in [3.05, 3.63) is 41.6 Å². The third-order valence-electron chi connectivity index (χ3n) is 3.10. The van der Waals surface area contributed by atoms with Crippen LogP contribution in [0.3, 0.4) is 0 Å². The smallest absolute Gasteiger partial charge is 0.135 e. The molecule has 4 nitrogen and oxygen atoms in total. The Hall–Kier alpha value is -1.79. The summed E-state index contributed by atoms with van der Waals surface area (Å²) in [6, 6.07) is 3.55. The summed E-state index contributed by atoms with van der Waals surface area (Å²) in [4.78, 5) is 2.10. The summed E-state index contributed by atoms with van der Waals surface area (Å²) in [5, 5.41) is 9.83. The highest BCUT2D eigenvalue weighted by atomic mass is 19.1. The summed E-state index contributed by atoms with van der Waals surface area (Å²) < 4.78 is 26.8. The van der Waals surface area contributed by atoms with Gasteiger partial charge in [0, 0.05) is 36.8 Å². The van der Waals surface area contributed by atoms with Crippen molar-refractivity contribution in [2.24, 2.45) is 0 Å². The first-order chi connectivity index (χ1) is 9.61. The molecule has 0 bridgehead atoms. The molecular formula is C14H18F2N4. The van der Waals surface area contributed by atoms with E-state index in [9.17, 15) is 8.78 Å². The molecule has 0 fully saturated rings. The highest BCUT2D eigenvalue weighted by molar-refractivity contribution is 5.63. The van der Waals surface area contributed by atoms with Crippen LogP contribution in [0.15, 0.2) is 24.4 Å². The van der Waals surface area contributed by atoms with Gasteiger partial charge < -0.3 is 10.2 Å². The molecule has 0 amide bonds. The lowest BCUT2D eigenvalue weighted by Gasteiger charge is -2.16. The Morgan fingerprint density at radius 2 is 2.15 bits per heavy atom. The van der Waals surface area contributed by atoms with E-state index >= 15 is 0 Å². The molecule has 0 saturated heterocycles. The zero-order chi connectivity index (χ0) is 14.5. The van der Waals surface area contributed by atoms with E-state index in [4.69, 9.17) is 0 Å². The number of hydrogen-bond acceptors (Lipinski definition) is 3. The molecule has 2 N–H and O–H groups in total. The van der Waals surface area contributed by atoms with Crippen LogP contribution in [-0.2, 0) is 6.54 Å². The van der Waals surface area contributed by atoms with Crippen molar-refractivity contribution in [3.8, 4) is 11.3 Å². The van der Waals surface area contributed by atoms with E-state index in [0.717, 1.165) is 24.7 Å². The van der Waals surface area contributed by atoms with Gasteiger partial charge in [-0.2, -0.15) is 5.10 Å². The van der Waals surface area contributed by atoms with E-state index in [2.05, 4.69) is 20.4 Å². The van der Waals surface area contributed by atoms with Crippen LogP contribution in [0.2, 0.25) is 0 Å². The molecule has 6 heteroatoms. The van der Waals surface area contributed by atoms with Crippen LogP contribution in [-0.4, -0.2) is 42.3 Å². The molecule has 1 aromatic heterocycles. The van der Waals surface area contributed by atoms with Crippen LogP contribution < -0.4 is 5.32 Å². The Balaban J connectivity index is 2.20. The average molecular weight is 280 g/mol. The summed E-state index contributed by atoms with van der Waals surface area (Å²) in [6.45, 7) is 2.38. The maximum Gasteiger partial charge on any atom is 0.135 e. The van der Waals surface area contributed by atoms with Crippen molar-refractivity contribution in [1.82, 2.24) is 20.4 Å². The molecule has 0 radical (unpaired) electrons. The van der Waals surface area contributed by atoms with Crippen molar-refractivity contribution < 1.29 is 8.78 Å². The fraction of sp³-hybridized carbons (Fsp3) is 0.357. The third-order valence-corrected chi connectivity index (χ3v) is 3.10. The number of hydrogen-bond donors (Lipinski definition) is 2. The molecule has 1 heterocycles. The van der Waals surface area contributed by atoms with Crippen molar-refractivity contribution >= 4 is 0 Å². The summed E-state index contributed by atoms with van der Waals surface area (Å²) >= 11 is 0. The van der Waals surface area contributed by atoms with Gasteiger partial charge >= 0.3 is 0 Å². The molecule has 108 valence electrons. The molecule has 2 rings (SSSR count). The number of aromatic amines is 1. The van der Waals surface area contributed by atoms with Gasteiger partial charge in [0.05, 0.1) is 11.9 Å². The molecule has 1 aromatic carbocycles. The zero-order valence-electron chi connectivity index (χ0n) is 11.6. The fourth-order valence-corrected chi connectivity index (χ4v) is 2.03. The van der Waals surface area contributed by atoms with Gasteiger partial charge in [-0.05, 0) is 26.2 Å². The van der Waals surface area contributed by atoms with Gasteiger partial charge in [0.25, 0.3) is 0 Å². The lowest BCUT2D eigenvalue weighted by molar-refractivity contribution is 0.328. The Bertz CT molecular complexity index is 568. The molecule has 0 unspecified atom stereocenters. The van der Waals surface area contributed by atoms with Crippen molar-refractivity contribution in [2.75, 3.05) is 27.2 Å². The summed E-state index contributed by atoms with van der Waals surface area (Å²) in [5.41, 5.74) is 1.81. The first-order valence-corrected chi connectivity index (χ1v) is 6.42. The van der Waals surface area contributed by atoms with Gasteiger partial charge in [0.2, 0.25) is 0 Å². The highest BCUT2D eigenvalue weighted by Crippen LogP contribution is 2.25. The average Bonchev–Trinajstić information content (AvgIpc) is 2.84. The minimum Gasteiger partial charge on any atom is -0.318 e. The minimum absolute atomic E-state index is 0.334. The molecule has 0 atom stereocenters. The second kappa shape index (κ2) is 6.58. The molecule has 0 aliphatic rings. The van der Waals surface area contributed by atoms with Crippen LogP contribution >= 0.6 is 0 Å². The van der Waals surface area contributed by atoms with Gasteiger partial charge in [0.1, 0.15) is 11.6 Å². The molecular weight excluding hydrogens is 262 g/mol. The maximum atomic E-state index is 13.8. The number of nitrogens with one attached hydrogen (secondary N) is 2. The quantitative estimate of drug-likeness (QED) is 0.850. The zero-order valence-corrected chi connectivity index (χ0v) is 11.6. The third kappa shape index (κ3) is 3.40. The number of H-pyrrole nitrogens is 1. The Labute approximate surface area is 116 Å². The van der Waals surface area contributed by atoms with Gasteiger partial charge in [-0.3, -0.25) is 5.10 Å². The lowest BCUT2D eigenvalue weighted by Crippen LogP contribution is -2.27. The normalized spacial score (nSPS) is 11.2. The number of rotatable bonds is 6. The topological polar surface area (TPSA) is 44.0 Å². The summed E-state index contributed by atoms with van der Waals surface area (Å²) in [7, 11) is 3.88. The van der Waals surface area contributed by atoms with Crippen molar-refractivity contribution in [1.29, 1.82) is 0 Å². The minimum atomic E-state index is -0.589. The number of benzene rings is 1. The molecule has 0 spiro atoms. The second-order valence-corrected chi connectivity index (χ2v) is 4.74. The Kier molecular flexibility index (Phi) is 4.81. The first kappa shape index (κ1) is 14.6. The van der Waals surface area contributed by atoms with Gasteiger partial charge in [-0.15, -0.1) is 0 Å². The van der Waals surface area contributed by atoms with E-state index < -0.39 is 11.6 Å². The first-order valence-electron chi connectivity index (χ1n) is 6.42. The second-order valence-electron chi connectivity index (χ2n) is 4.74. The maximum absolute atomic E-state index is 13.8. The lowest BCUT2D eigenvalue weighted by atomic mass is 10.1. The van der Waals surface area contributed by atoms with E-state index in [-0.39, 0.29) is 0 Å². The van der Waals surface area contributed by atoms with Crippen LogP contribution in [0.5, 0.6) is 0 Å². The molecule has 2 aromatic rings. The van der Waals surface area contributed by atoms with Crippen molar-refractivity contribution in [2.45, 2.75) is 6.54 Å². The molecule has 20 heavy (non-hydrogen) atoms. The predicted octanol–water partition coefficient (Wildman–Crippen LogP) is 2.01. The Morgan fingerprint density at radius 1 is 1.35 bits per heavy atom. The van der Waals surface area contributed by atoms with Crippen molar-refractivity contribution in [3.63, 3.8) is 0 Å². The van der Waals surface area contributed by atoms with Gasteiger partial charge in [-0.25, -0.2) is 8.78 Å². The number of aromatic nitrogens is 2. The summed E-state index contributed by atoms with van der Waals surface area (Å²) in [5.74, 6) is -1.17. The van der Waals surface area contributed by atoms with Crippen LogP contribution in [0.25, 0.3) is 11.3 Å². The standard InChI is InChI=1S/C14H18F2N4/c1-17-5-6-20(2)9-10-8-18-19-14(10)12-4-3-11(15)7-13(12)16/h3-4,7-8,17H,5-6,9H2,1-2H3,(H,18,19).